The van der Waals surface area contributed by atoms with Crippen LogP contribution in [0.4, 0.5) is 0 Å². The summed E-state index contributed by atoms with van der Waals surface area (Å²) in [5.41, 5.74) is 1.87. The van der Waals surface area contributed by atoms with Crippen LogP contribution < -0.4 is 0 Å². The fraction of sp³-hybridized carbons (Fsp3) is 0.231. The van der Waals surface area contributed by atoms with E-state index in [4.69, 9.17) is 11.6 Å². The van der Waals surface area contributed by atoms with Crippen LogP contribution in [0.5, 0.6) is 0 Å². The maximum atomic E-state index is 12.1. The van der Waals surface area contributed by atoms with Crippen molar-refractivity contribution in [2.45, 2.75) is 18.4 Å². The lowest BCUT2D eigenvalue weighted by Gasteiger charge is -2.06. The lowest BCUT2D eigenvalue weighted by Crippen LogP contribution is -2.07. The van der Waals surface area contributed by atoms with Crippen LogP contribution in [0, 0.1) is 6.92 Å². The van der Waals surface area contributed by atoms with Gasteiger partial charge in [0.2, 0.25) is 0 Å². The molecule has 1 aromatic carbocycles. The van der Waals surface area contributed by atoms with Gasteiger partial charge in [-0.05, 0) is 30.2 Å². The van der Waals surface area contributed by atoms with E-state index in [9.17, 15) is 8.42 Å². The molecule has 0 spiro atoms. The second kappa shape index (κ2) is 5.43. The molecule has 96 valence electrons. The van der Waals surface area contributed by atoms with Crippen LogP contribution in [-0.4, -0.2) is 8.42 Å². The number of hydrogen-bond acceptors (Lipinski definition) is 3. The van der Waals surface area contributed by atoms with E-state index >= 15 is 0 Å². The Balaban J connectivity index is 2.15. The molecule has 1 heterocycles. The predicted octanol–water partition coefficient (Wildman–Crippen LogP) is 3.82. The molecular weight excluding hydrogens is 288 g/mol. The van der Waals surface area contributed by atoms with Crippen molar-refractivity contribution < 1.29 is 8.42 Å². The van der Waals surface area contributed by atoms with E-state index in [-0.39, 0.29) is 11.5 Å². The molecular formula is C13H13ClO2S2. The standard InChI is InChI=1S/C13H13ClO2S2/c1-10-4-2-3-5-11(10)8-18(15,16)9-12-6-7-13(14)17-12/h2-7H,8-9H2,1H3. The summed E-state index contributed by atoms with van der Waals surface area (Å²) in [6.45, 7) is 1.92. The monoisotopic (exact) mass is 300 g/mol. The van der Waals surface area contributed by atoms with Gasteiger partial charge in [-0.25, -0.2) is 8.42 Å². The zero-order chi connectivity index (χ0) is 13.2. The van der Waals surface area contributed by atoms with Gasteiger partial charge in [0.15, 0.2) is 9.84 Å². The summed E-state index contributed by atoms with van der Waals surface area (Å²) < 4.78 is 24.8. The highest BCUT2D eigenvalue weighted by molar-refractivity contribution is 7.90. The highest BCUT2D eigenvalue weighted by Crippen LogP contribution is 2.24. The summed E-state index contributed by atoms with van der Waals surface area (Å²) in [4.78, 5) is 0.786. The number of aryl methyl sites for hydroxylation is 1. The normalized spacial score (nSPS) is 11.7. The molecule has 0 aliphatic rings. The molecule has 0 fully saturated rings. The molecule has 0 atom stereocenters. The van der Waals surface area contributed by atoms with E-state index in [2.05, 4.69) is 0 Å². The Hall–Kier alpha value is -0.840. The van der Waals surface area contributed by atoms with Crippen molar-refractivity contribution in [2.75, 3.05) is 0 Å². The predicted molar refractivity (Wildman–Crippen MR) is 76.8 cm³/mol. The van der Waals surface area contributed by atoms with Gasteiger partial charge in [0.05, 0.1) is 15.8 Å². The Morgan fingerprint density at radius 3 is 2.44 bits per heavy atom. The molecule has 0 saturated carbocycles. The van der Waals surface area contributed by atoms with Gasteiger partial charge >= 0.3 is 0 Å². The Bertz CT molecular complexity index is 645. The second-order valence-electron chi connectivity index (χ2n) is 4.16. The zero-order valence-electron chi connectivity index (χ0n) is 9.89. The average molecular weight is 301 g/mol. The van der Waals surface area contributed by atoms with Gasteiger partial charge < -0.3 is 0 Å². The first-order valence-electron chi connectivity index (χ1n) is 5.45. The summed E-state index contributed by atoms with van der Waals surface area (Å²) in [6, 6.07) is 11.0. The molecule has 1 aromatic heterocycles. The van der Waals surface area contributed by atoms with E-state index in [0.29, 0.717) is 4.34 Å². The molecule has 0 unspecified atom stereocenters. The Labute approximate surface area is 116 Å². The molecule has 2 aromatic rings. The Morgan fingerprint density at radius 2 is 1.83 bits per heavy atom. The fourth-order valence-electron chi connectivity index (χ4n) is 1.71. The van der Waals surface area contributed by atoms with Crippen LogP contribution in [0.25, 0.3) is 0 Å². The molecule has 0 bridgehead atoms. The van der Waals surface area contributed by atoms with Crippen molar-refractivity contribution in [3.63, 3.8) is 0 Å². The number of thiophene rings is 1. The summed E-state index contributed by atoms with van der Waals surface area (Å²) in [5, 5.41) is 0. The van der Waals surface area contributed by atoms with Crippen LogP contribution in [0.3, 0.4) is 0 Å². The Morgan fingerprint density at radius 1 is 1.11 bits per heavy atom. The first-order valence-corrected chi connectivity index (χ1v) is 8.47. The highest BCUT2D eigenvalue weighted by atomic mass is 35.5. The zero-order valence-corrected chi connectivity index (χ0v) is 12.3. The van der Waals surface area contributed by atoms with Crippen molar-refractivity contribution in [1.82, 2.24) is 0 Å². The second-order valence-corrected chi connectivity index (χ2v) is 8.03. The van der Waals surface area contributed by atoms with Gasteiger partial charge in [0, 0.05) is 4.88 Å². The largest absolute Gasteiger partial charge is 0.228 e. The fourth-order valence-corrected chi connectivity index (χ4v) is 4.79. The molecule has 0 saturated heterocycles. The SMILES string of the molecule is Cc1ccccc1CS(=O)(=O)Cc1ccc(Cl)s1. The molecule has 0 N–H and O–H groups in total. The number of sulfone groups is 1. The smallest absolute Gasteiger partial charge is 0.159 e. The third-order valence-corrected chi connectivity index (χ3v) is 5.54. The minimum Gasteiger partial charge on any atom is -0.228 e. The summed E-state index contributed by atoms with van der Waals surface area (Å²) in [7, 11) is -3.15. The third kappa shape index (κ3) is 3.57. The van der Waals surface area contributed by atoms with Crippen LogP contribution in [-0.2, 0) is 21.3 Å². The van der Waals surface area contributed by atoms with Crippen molar-refractivity contribution in [3.8, 4) is 0 Å². The van der Waals surface area contributed by atoms with Gasteiger partial charge in [-0.3, -0.25) is 0 Å². The van der Waals surface area contributed by atoms with E-state index in [1.165, 1.54) is 11.3 Å². The van der Waals surface area contributed by atoms with Crippen molar-refractivity contribution >= 4 is 32.8 Å². The molecule has 2 nitrogen and oxygen atoms in total. The van der Waals surface area contributed by atoms with E-state index < -0.39 is 9.84 Å². The Kier molecular flexibility index (Phi) is 4.10. The van der Waals surface area contributed by atoms with Crippen LogP contribution >= 0.6 is 22.9 Å². The van der Waals surface area contributed by atoms with Crippen molar-refractivity contribution in [1.29, 1.82) is 0 Å². The maximum Gasteiger partial charge on any atom is 0.159 e. The van der Waals surface area contributed by atoms with E-state index in [1.807, 2.05) is 31.2 Å². The van der Waals surface area contributed by atoms with Crippen LogP contribution in [0.1, 0.15) is 16.0 Å². The van der Waals surface area contributed by atoms with Gasteiger partial charge in [-0.2, -0.15) is 0 Å². The number of benzene rings is 1. The minimum atomic E-state index is -3.15. The summed E-state index contributed by atoms with van der Waals surface area (Å²) in [5.74, 6) is 0.133. The average Bonchev–Trinajstić information content (AvgIpc) is 2.66. The quantitative estimate of drug-likeness (QED) is 0.860. The maximum absolute atomic E-state index is 12.1. The highest BCUT2D eigenvalue weighted by Gasteiger charge is 2.15. The molecule has 5 heteroatoms. The van der Waals surface area contributed by atoms with Crippen LogP contribution in [0.2, 0.25) is 4.34 Å². The molecule has 0 aliphatic heterocycles. The lowest BCUT2D eigenvalue weighted by atomic mass is 10.1. The summed E-state index contributed by atoms with van der Waals surface area (Å²) >= 11 is 7.11. The molecule has 0 amide bonds. The van der Waals surface area contributed by atoms with Crippen molar-refractivity contribution in [3.05, 3.63) is 56.7 Å². The van der Waals surface area contributed by atoms with Gasteiger partial charge in [-0.15, -0.1) is 11.3 Å². The lowest BCUT2D eigenvalue weighted by molar-refractivity contribution is 0.594. The number of hydrogen-bond donors (Lipinski definition) is 0. The first kappa shape index (κ1) is 13.6. The van der Waals surface area contributed by atoms with Crippen molar-refractivity contribution in [2.24, 2.45) is 0 Å². The van der Waals surface area contributed by atoms with Crippen LogP contribution in [0.15, 0.2) is 36.4 Å². The van der Waals surface area contributed by atoms with E-state index in [0.717, 1.165) is 16.0 Å². The van der Waals surface area contributed by atoms with Gasteiger partial charge in [-0.1, -0.05) is 35.9 Å². The molecule has 2 rings (SSSR count). The van der Waals surface area contributed by atoms with E-state index in [1.54, 1.807) is 12.1 Å². The molecule has 0 aliphatic carbocycles. The summed E-state index contributed by atoms with van der Waals surface area (Å²) in [6.07, 6.45) is 0. The number of rotatable bonds is 4. The topological polar surface area (TPSA) is 34.1 Å². The molecule has 0 radical (unpaired) electrons. The third-order valence-electron chi connectivity index (χ3n) is 2.63. The molecule has 18 heavy (non-hydrogen) atoms. The number of halogens is 1. The van der Waals surface area contributed by atoms with Gasteiger partial charge in [0.25, 0.3) is 0 Å². The minimum absolute atomic E-state index is 0.0543. The van der Waals surface area contributed by atoms with Gasteiger partial charge in [0.1, 0.15) is 0 Å². The first-order chi connectivity index (χ1) is 8.46.